The van der Waals surface area contributed by atoms with Gasteiger partial charge in [0.15, 0.2) is 0 Å². The predicted octanol–water partition coefficient (Wildman–Crippen LogP) is 3.62. The van der Waals surface area contributed by atoms with Gasteiger partial charge in [-0.2, -0.15) is 0 Å². The van der Waals surface area contributed by atoms with Crippen molar-refractivity contribution in [2.75, 3.05) is 6.61 Å². The molecule has 19 heavy (non-hydrogen) atoms. The molecule has 0 amide bonds. The topological polar surface area (TPSA) is 29.5 Å². The molecule has 1 atom stereocenters. The fourth-order valence-corrected chi connectivity index (χ4v) is 2.39. The van der Waals surface area contributed by atoms with Gasteiger partial charge >= 0.3 is 0 Å². The predicted molar refractivity (Wildman–Crippen MR) is 76.9 cm³/mol. The molecular formula is C17H20O2. The highest BCUT2D eigenvalue weighted by Gasteiger charge is 2.10. The SMILES string of the molecule is C#CC(O)c1ccccc1OCC=C1CCCCC1. The van der Waals surface area contributed by atoms with Crippen LogP contribution in [0, 0.1) is 12.3 Å². The van der Waals surface area contributed by atoms with Gasteiger partial charge in [-0.1, -0.05) is 36.1 Å². The summed E-state index contributed by atoms with van der Waals surface area (Å²) in [4.78, 5) is 0. The highest BCUT2D eigenvalue weighted by molar-refractivity contribution is 5.38. The first-order valence-corrected chi connectivity index (χ1v) is 6.85. The second-order valence-corrected chi connectivity index (χ2v) is 4.84. The molecular weight excluding hydrogens is 236 g/mol. The molecule has 1 saturated carbocycles. The number of allylic oxidation sites excluding steroid dienone is 1. The zero-order valence-electron chi connectivity index (χ0n) is 11.1. The van der Waals surface area contributed by atoms with Gasteiger partial charge in [0.05, 0.1) is 0 Å². The lowest BCUT2D eigenvalue weighted by Gasteiger charge is -2.15. The number of ether oxygens (including phenoxy) is 1. The van der Waals surface area contributed by atoms with Crippen molar-refractivity contribution in [1.82, 2.24) is 0 Å². The van der Waals surface area contributed by atoms with E-state index in [9.17, 15) is 5.11 Å². The van der Waals surface area contributed by atoms with Crippen LogP contribution in [0.5, 0.6) is 5.75 Å². The van der Waals surface area contributed by atoms with Gasteiger partial charge in [-0.25, -0.2) is 0 Å². The number of benzene rings is 1. The minimum atomic E-state index is -0.904. The van der Waals surface area contributed by atoms with Gasteiger partial charge in [-0.15, -0.1) is 6.42 Å². The van der Waals surface area contributed by atoms with Gasteiger partial charge in [0.25, 0.3) is 0 Å². The first-order chi connectivity index (χ1) is 9.31. The van der Waals surface area contributed by atoms with E-state index in [4.69, 9.17) is 11.2 Å². The molecule has 0 heterocycles. The van der Waals surface area contributed by atoms with Gasteiger partial charge in [0, 0.05) is 5.56 Å². The Kier molecular flexibility index (Phi) is 5.06. The fraction of sp³-hybridized carbons (Fsp3) is 0.412. The standard InChI is InChI=1S/C17H20O2/c1-2-16(18)15-10-6-7-11-17(15)19-13-12-14-8-4-3-5-9-14/h1,6-7,10-12,16,18H,3-5,8-9,13H2. The van der Waals surface area contributed by atoms with E-state index in [0.29, 0.717) is 17.9 Å². The number of terminal acetylenes is 1. The van der Waals surface area contributed by atoms with Crippen molar-refractivity contribution in [1.29, 1.82) is 0 Å². The van der Waals surface area contributed by atoms with Gasteiger partial charge in [-0.3, -0.25) is 0 Å². The van der Waals surface area contributed by atoms with Gasteiger partial charge in [0.1, 0.15) is 18.5 Å². The molecule has 2 rings (SSSR count). The molecule has 1 N–H and O–H groups in total. The summed E-state index contributed by atoms with van der Waals surface area (Å²) in [6.45, 7) is 0.545. The van der Waals surface area contributed by atoms with Crippen LogP contribution in [0.1, 0.15) is 43.8 Å². The van der Waals surface area contributed by atoms with Crippen molar-refractivity contribution in [3.8, 4) is 18.1 Å². The van der Waals surface area contributed by atoms with E-state index in [2.05, 4.69) is 12.0 Å². The molecule has 1 fully saturated rings. The Labute approximate surface area is 115 Å². The highest BCUT2D eigenvalue weighted by atomic mass is 16.5. The molecule has 0 radical (unpaired) electrons. The molecule has 1 aliphatic carbocycles. The summed E-state index contributed by atoms with van der Waals surface area (Å²) in [6, 6.07) is 7.38. The Balaban J connectivity index is 1.97. The molecule has 0 bridgehead atoms. The zero-order chi connectivity index (χ0) is 13.5. The van der Waals surface area contributed by atoms with Crippen molar-refractivity contribution < 1.29 is 9.84 Å². The zero-order valence-corrected chi connectivity index (χ0v) is 11.1. The van der Waals surface area contributed by atoms with Crippen LogP contribution in [0.2, 0.25) is 0 Å². The summed E-state index contributed by atoms with van der Waals surface area (Å²) in [5.41, 5.74) is 2.15. The summed E-state index contributed by atoms with van der Waals surface area (Å²) in [5, 5.41) is 9.73. The van der Waals surface area contributed by atoms with Crippen LogP contribution in [-0.2, 0) is 0 Å². The van der Waals surface area contributed by atoms with E-state index < -0.39 is 6.10 Å². The second kappa shape index (κ2) is 7.01. The number of aliphatic hydroxyl groups is 1. The molecule has 1 aromatic carbocycles. The highest BCUT2D eigenvalue weighted by Crippen LogP contribution is 2.25. The molecule has 0 saturated heterocycles. The van der Waals surface area contributed by atoms with Crippen LogP contribution < -0.4 is 4.74 Å². The molecule has 1 unspecified atom stereocenters. The molecule has 0 aliphatic heterocycles. The minimum absolute atomic E-state index is 0.545. The summed E-state index contributed by atoms with van der Waals surface area (Å²) in [6.07, 6.45) is 12.8. The number of hydrogen-bond acceptors (Lipinski definition) is 2. The number of hydrogen-bond donors (Lipinski definition) is 1. The quantitative estimate of drug-likeness (QED) is 0.658. The van der Waals surface area contributed by atoms with Crippen LogP contribution in [0.25, 0.3) is 0 Å². The van der Waals surface area contributed by atoms with E-state index in [1.807, 2.05) is 18.2 Å². The second-order valence-electron chi connectivity index (χ2n) is 4.84. The lowest BCUT2D eigenvalue weighted by Crippen LogP contribution is -2.03. The van der Waals surface area contributed by atoms with Gasteiger partial charge < -0.3 is 9.84 Å². The molecule has 100 valence electrons. The van der Waals surface area contributed by atoms with E-state index >= 15 is 0 Å². The lowest BCUT2D eigenvalue weighted by atomic mass is 9.95. The number of aliphatic hydroxyl groups excluding tert-OH is 1. The minimum Gasteiger partial charge on any atom is -0.489 e. The van der Waals surface area contributed by atoms with Crippen LogP contribution in [0.15, 0.2) is 35.9 Å². The fourth-order valence-electron chi connectivity index (χ4n) is 2.39. The third-order valence-corrected chi connectivity index (χ3v) is 3.48. The van der Waals surface area contributed by atoms with E-state index in [0.717, 1.165) is 0 Å². The average molecular weight is 256 g/mol. The first-order valence-electron chi connectivity index (χ1n) is 6.85. The van der Waals surface area contributed by atoms with Crippen LogP contribution >= 0.6 is 0 Å². The van der Waals surface area contributed by atoms with Crippen molar-refractivity contribution >= 4 is 0 Å². The van der Waals surface area contributed by atoms with E-state index in [1.54, 1.807) is 6.07 Å². The Morgan fingerprint density at radius 2 is 2.00 bits per heavy atom. The Bertz CT molecular complexity index is 474. The monoisotopic (exact) mass is 256 g/mol. The molecule has 0 aromatic heterocycles. The normalized spacial score (nSPS) is 16.5. The summed E-state index contributed by atoms with van der Waals surface area (Å²) in [7, 11) is 0. The average Bonchev–Trinajstić information content (AvgIpc) is 2.48. The molecule has 2 heteroatoms. The third-order valence-electron chi connectivity index (χ3n) is 3.48. The van der Waals surface area contributed by atoms with Gasteiger partial charge in [-0.05, 0) is 37.8 Å². The van der Waals surface area contributed by atoms with Crippen molar-refractivity contribution in [3.63, 3.8) is 0 Å². The summed E-state index contributed by atoms with van der Waals surface area (Å²) in [5.74, 6) is 2.99. The molecule has 2 nitrogen and oxygen atoms in total. The molecule has 1 aliphatic rings. The number of para-hydroxylation sites is 1. The maximum absolute atomic E-state index is 9.73. The Morgan fingerprint density at radius 3 is 2.74 bits per heavy atom. The van der Waals surface area contributed by atoms with Gasteiger partial charge in [0.2, 0.25) is 0 Å². The third kappa shape index (κ3) is 3.87. The van der Waals surface area contributed by atoms with Crippen LogP contribution in [-0.4, -0.2) is 11.7 Å². The van der Waals surface area contributed by atoms with Crippen LogP contribution in [0.3, 0.4) is 0 Å². The Hall–Kier alpha value is -1.72. The smallest absolute Gasteiger partial charge is 0.143 e. The first kappa shape index (κ1) is 13.7. The molecule has 1 aromatic rings. The van der Waals surface area contributed by atoms with E-state index in [-0.39, 0.29) is 0 Å². The maximum atomic E-state index is 9.73. The summed E-state index contributed by atoms with van der Waals surface area (Å²) >= 11 is 0. The lowest BCUT2D eigenvalue weighted by molar-refractivity contribution is 0.230. The van der Waals surface area contributed by atoms with Crippen molar-refractivity contribution in [3.05, 3.63) is 41.5 Å². The van der Waals surface area contributed by atoms with Crippen molar-refractivity contribution in [2.45, 2.75) is 38.2 Å². The number of rotatable bonds is 4. The van der Waals surface area contributed by atoms with Crippen molar-refractivity contribution in [2.24, 2.45) is 0 Å². The van der Waals surface area contributed by atoms with E-state index in [1.165, 1.54) is 37.7 Å². The Morgan fingerprint density at radius 1 is 1.26 bits per heavy atom. The maximum Gasteiger partial charge on any atom is 0.143 e. The largest absolute Gasteiger partial charge is 0.489 e. The van der Waals surface area contributed by atoms with Crippen LogP contribution in [0.4, 0.5) is 0 Å². The summed E-state index contributed by atoms with van der Waals surface area (Å²) < 4.78 is 5.73. The molecule has 0 spiro atoms.